The van der Waals surface area contributed by atoms with Crippen LogP contribution in [0.1, 0.15) is 29.4 Å². The number of hydrogen-bond acceptors (Lipinski definition) is 5. The van der Waals surface area contributed by atoms with E-state index in [4.69, 9.17) is 4.74 Å². The normalized spacial score (nSPS) is 10.6. The van der Waals surface area contributed by atoms with Crippen molar-refractivity contribution in [2.24, 2.45) is 0 Å². The molecule has 0 unspecified atom stereocenters. The van der Waals surface area contributed by atoms with E-state index in [-0.39, 0.29) is 18.2 Å². The number of aromatic nitrogens is 2. The standard InChI is InChI=1S/C16H19N3O4/c1-4-23-16(20)10-18-12(3)15(11(2)17-18)9-13-5-7-14(8-6-13)19(21)22/h5-8H,4,9-10H2,1-3H3. The number of carbonyl (C=O) groups excluding carboxylic acids is 1. The fraction of sp³-hybridized carbons (Fsp3) is 0.375. The molecule has 0 spiro atoms. The molecule has 0 aliphatic rings. The van der Waals surface area contributed by atoms with Gasteiger partial charge in [-0.3, -0.25) is 19.6 Å². The van der Waals surface area contributed by atoms with Crippen LogP contribution in [-0.4, -0.2) is 27.3 Å². The van der Waals surface area contributed by atoms with Crippen molar-refractivity contribution in [2.45, 2.75) is 33.7 Å². The van der Waals surface area contributed by atoms with E-state index in [0.717, 1.165) is 22.5 Å². The highest BCUT2D eigenvalue weighted by molar-refractivity contribution is 5.69. The number of nitro benzene ring substituents is 1. The lowest BCUT2D eigenvalue weighted by atomic mass is 10.0. The summed E-state index contributed by atoms with van der Waals surface area (Å²) in [6.45, 7) is 5.98. The molecule has 0 fully saturated rings. The molecule has 0 radical (unpaired) electrons. The molecule has 1 aromatic carbocycles. The molecule has 0 atom stereocenters. The Morgan fingerprint density at radius 2 is 1.96 bits per heavy atom. The summed E-state index contributed by atoms with van der Waals surface area (Å²) in [5, 5.41) is 15.1. The van der Waals surface area contributed by atoms with E-state index in [2.05, 4.69) is 5.10 Å². The predicted octanol–water partition coefficient (Wildman–Crippen LogP) is 2.56. The van der Waals surface area contributed by atoms with E-state index in [1.807, 2.05) is 13.8 Å². The third-order valence-electron chi connectivity index (χ3n) is 3.64. The van der Waals surface area contributed by atoms with Crippen LogP contribution < -0.4 is 0 Å². The van der Waals surface area contributed by atoms with E-state index in [1.54, 1.807) is 23.7 Å². The molecule has 0 aliphatic heterocycles. The maximum absolute atomic E-state index is 11.6. The molecule has 23 heavy (non-hydrogen) atoms. The van der Waals surface area contributed by atoms with Gasteiger partial charge in [-0.1, -0.05) is 12.1 Å². The van der Waals surface area contributed by atoms with Crippen LogP contribution in [0.15, 0.2) is 24.3 Å². The van der Waals surface area contributed by atoms with Crippen LogP contribution in [0, 0.1) is 24.0 Å². The predicted molar refractivity (Wildman–Crippen MR) is 84.2 cm³/mol. The zero-order valence-electron chi connectivity index (χ0n) is 13.4. The van der Waals surface area contributed by atoms with Gasteiger partial charge in [-0.05, 0) is 26.3 Å². The van der Waals surface area contributed by atoms with Crippen molar-refractivity contribution in [3.8, 4) is 0 Å². The van der Waals surface area contributed by atoms with Gasteiger partial charge in [0.05, 0.1) is 17.2 Å². The van der Waals surface area contributed by atoms with E-state index >= 15 is 0 Å². The number of carbonyl (C=O) groups is 1. The largest absolute Gasteiger partial charge is 0.465 e. The van der Waals surface area contributed by atoms with Crippen molar-refractivity contribution >= 4 is 11.7 Å². The number of non-ortho nitro benzene ring substituents is 1. The van der Waals surface area contributed by atoms with Crippen LogP contribution in [0.4, 0.5) is 5.69 Å². The van der Waals surface area contributed by atoms with Crippen LogP contribution in [0.5, 0.6) is 0 Å². The first-order valence-corrected chi connectivity index (χ1v) is 7.34. The van der Waals surface area contributed by atoms with Gasteiger partial charge in [-0.25, -0.2) is 0 Å². The number of ether oxygens (including phenoxy) is 1. The SMILES string of the molecule is CCOC(=O)Cn1nc(C)c(Cc2ccc([N+](=O)[O-])cc2)c1C. The minimum absolute atomic E-state index is 0.0696. The highest BCUT2D eigenvalue weighted by Crippen LogP contribution is 2.20. The lowest BCUT2D eigenvalue weighted by Gasteiger charge is -2.05. The van der Waals surface area contributed by atoms with Crippen molar-refractivity contribution in [3.63, 3.8) is 0 Å². The topological polar surface area (TPSA) is 87.3 Å². The van der Waals surface area contributed by atoms with E-state index in [0.29, 0.717) is 13.0 Å². The molecule has 0 amide bonds. The molecule has 0 aliphatic carbocycles. The van der Waals surface area contributed by atoms with Gasteiger partial charge in [0.2, 0.25) is 0 Å². The Kier molecular flexibility index (Phi) is 5.10. The minimum atomic E-state index is -0.419. The molecule has 2 rings (SSSR count). The Morgan fingerprint density at radius 3 is 2.52 bits per heavy atom. The van der Waals surface area contributed by atoms with Gasteiger partial charge in [-0.2, -0.15) is 5.10 Å². The quantitative estimate of drug-likeness (QED) is 0.464. The number of esters is 1. The molecule has 2 aromatic rings. The molecule has 0 bridgehead atoms. The Balaban J connectivity index is 2.18. The fourth-order valence-corrected chi connectivity index (χ4v) is 2.41. The number of aryl methyl sites for hydroxylation is 1. The Morgan fingerprint density at radius 1 is 1.30 bits per heavy atom. The van der Waals surface area contributed by atoms with Gasteiger partial charge in [-0.15, -0.1) is 0 Å². The second kappa shape index (κ2) is 7.04. The Hall–Kier alpha value is -2.70. The van der Waals surface area contributed by atoms with Crippen LogP contribution in [-0.2, 0) is 22.5 Å². The summed E-state index contributed by atoms with van der Waals surface area (Å²) in [6.07, 6.45) is 0.610. The number of benzene rings is 1. The maximum Gasteiger partial charge on any atom is 0.327 e. The minimum Gasteiger partial charge on any atom is -0.465 e. The molecule has 7 heteroatoms. The zero-order valence-corrected chi connectivity index (χ0v) is 13.4. The molecule has 0 N–H and O–H groups in total. The van der Waals surface area contributed by atoms with E-state index in [9.17, 15) is 14.9 Å². The summed E-state index contributed by atoms with van der Waals surface area (Å²) in [4.78, 5) is 21.9. The maximum atomic E-state index is 11.6. The molecular weight excluding hydrogens is 298 g/mol. The number of nitro groups is 1. The van der Waals surface area contributed by atoms with Crippen LogP contribution in [0.25, 0.3) is 0 Å². The first kappa shape index (κ1) is 16.7. The molecule has 122 valence electrons. The third kappa shape index (κ3) is 3.94. The number of rotatable bonds is 6. The van der Waals surface area contributed by atoms with E-state index < -0.39 is 4.92 Å². The third-order valence-corrected chi connectivity index (χ3v) is 3.64. The van der Waals surface area contributed by atoms with E-state index in [1.165, 1.54) is 12.1 Å². The van der Waals surface area contributed by atoms with Gasteiger partial charge < -0.3 is 4.74 Å². The lowest BCUT2D eigenvalue weighted by molar-refractivity contribution is -0.384. The zero-order chi connectivity index (χ0) is 17.0. The van der Waals surface area contributed by atoms with Gasteiger partial charge in [0, 0.05) is 29.8 Å². The Labute approximate surface area is 134 Å². The summed E-state index contributed by atoms with van der Waals surface area (Å²) in [5.74, 6) is -0.319. The Bertz CT molecular complexity index is 720. The molecule has 1 heterocycles. The molecule has 1 aromatic heterocycles. The van der Waals surface area contributed by atoms with Gasteiger partial charge in [0.1, 0.15) is 6.54 Å². The summed E-state index contributed by atoms with van der Waals surface area (Å²) in [6, 6.07) is 6.45. The van der Waals surface area contributed by atoms with Crippen LogP contribution in [0.2, 0.25) is 0 Å². The molecular formula is C16H19N3O4. The second-order valence-corrected chi connectivity index (χ2v) is 5.21. The van der Waals surface area contributed by atoms with Crippen molar-refractivity contribution < 1.29 is 14.5 Å². The average molecular weight is 317 g/mol. The van der Waals surface area contributed by atoms with Crippen molar-refractivity contribution in [2.75, 3.05) is 6.61 Å². The lowest BCUT2D eigenvalue weighted by Crippen LogP contribution is -2.15. The summed E-state index contributed by atoms with van der Waals surface area (Å²) in [5.41, 5.74) is 3.78. The summed E-state index contributed by atoms with van der Waals surface area (Å²) in [7, 11) is 0. The van der Waals surface area contributed by atoms with Crippen molar-refractivity contribution in [1.82, 2.24) is 9.78 Å². The van der Waals surface area contributed by atoms with Gasteiger partial charge in [0.15, 0.2) is 0 Å². The summed E-state index contributed by atoms with van der Waals surface area (Å²) >= 11 is 0. The van der Waals surface area contributed by atoms with Gasteiger partial charge in [0.25, 0.3) is 5.69 Å². The second-order valence-electron chi connectivity index (χ2n) is 5.21. The first-order valence-electron chi connectivity index (χ1n) is 7.34. The summed E-state index contributed by atoms with van der Waals surface area (Å²) < 4.78 is 6.57. The first-order chi connectivity index (χ1) is 10.9. The number of nitrogens with zero attached hydrogens (tertiary/aromatic N) is 3. The number of hydrogen-bond donors (Lipinski definition) is 0. The molecule has 0 saturated carbocycles. The van der Waals surface area contributed by atoms with Crippen LogP contribution >= 0.6 is 0 Å². The van der Waals surface area contributed by atoms with Crippen molar-refractivity contribution in [1.29, 1.82) is 0 Å². The van der Waals surface area contributed by atoms with Crippen molar-refractivity contribution in [3.05, 3.63) is 56.9 Å². The fourth-order valence-electron chi connectivity index (χ4n) is 2.41. The highest BCUT2D eigenvalue weighted by Gasteiger charge is 2.15. The highest BCUT2D eigenvalue weighted by atomic mass is 16.6. The average Bonchev–Trinajstić information content (AvgIpc) is 2.75. The van der Waals surface area contributed by atoms with Crippen LogP contribution in [0.3, 0.4) is 0 Å². The monoisotopic (exact) mass is 317 g/mol. The molecule has 0 saturated heterocycles. The molecule has 7 nitrogen and oxygen atoms in total. The van der Waals surface area contributed by atoms with Gasteiger partial charge >= 0.3 is 5.97 Å². The smallest absolute Gasteiger partial charge is 0.327 e.